The maximum atomic E-state index is 11.3. The van der Waals surface area contributed by atoms with E-state index in [0.29, 0.717) is 5.92 Å². The highest BCUT2D eigenvalue weighted by atomic mass is 16.1. The van der Waals surface area contributed by atoms with Gasteiger partial charge in [0.15, 0.2) is 5.78 Å². The lowest BCUT2D eigenvalue weighted by Crippen LogP contribution is -2.14. The normalized spacial score (nSPS) is 29.5. The first-order valence-electron chi connectivity index (χ1n) is 4.18. The fraction of sp³-hybridized carbons (Fsp3) is 0.364. The summed E-state index contributed by atoms with van der Waals surface area (Å²) in [5.41, 5.74) is 1.10. The second-order valence-corrected chi connectivity index (χ2v) is 3.24. The Morgan fingerprint density at radius 1 is 1.67 bits per heavy atom. The van der Waals surface area contributed by atoms with Crippen LogP contribution in [0.15, 0.2) is 36.5 Å². The topological polar surface area (TPSA) is 17.1 Å². The van der Waals surface area contributed by atoms with Gasteiger partial charge in [-0.1, -0.05) is 37.3 Å². The average molecular weight is 162 g/mol. The van der Waals surface area contributed by atoms with Crippen LogP contribution >= 0.6 is 0 Å². The molecule has 0 aromatic heterocycles. The molecule has 0 N–H and O–H groups in total. The number of carbonyl (C=O) groups is 1. The van der Waals surface area contributed by atoms with Crippen molar-refractivity contribution in [2.75, 3.05) is 0 Å². The third kappa shape index (κ3) is 1.55. The Morgan fingerprint density at radius 3 is 2.75 bits per heavy atom. The fourth-order valence-corrected chi connectivity index (χ4v) is 1.65. The predicted octanol–water partition coefficient (Wildman–Crippen LogP) is 2.51. The molecule has 2 unspecified atom stereocenters. The Bertz CT molecular complexity index is 258. The number of carbonyl (C=O) groups excluding carboxylic acids is 1. The summed E-state index contributed by atoms with van der Waals surface area (Å²) < 4.78 is 0. The van der Waals surface area contributed by atoms with Gasteiger partial charge in [-0.15, -0.1) is 0 Å². The van der Waals surface area contributed by atoms with Gasteiger partial charge in [0.2, 0.25) is 0 Å². The summed E-state index contributed by atoms with van der Waals surface area (Å²) in [6.45, 7) is 7.66. The maximum absolute atomic E-state index is 11.3. The second-order valence-electron chi connectivity index (χ2n) is 3.24. The van der Waals surface area contributed by atoms with Crippen molar-refractivity contribution in [1.82, 2.24) is 0 Å². The molecule has 0 aromatic carbocycles. The molecule has 1 aliphatic rings. The molecule has 1 rings (SSSR count). The summed E-state index contributed by atoms with van der Waals surface area (Å²) in [5.74, 6) is 0.620. The second kappa shape index (κ2) is 3.53. The summed E-state index contributed by atoms with van der Waals surface area (Å²) in [6.07, 6.45) is 7.28. The van der Waals surface area contributed by atoms with E-state index < -0.39 is 0 Å². The molecule has 0 saturated carbocycles. The van der Waals surface area contributed by atoms with E-state index in [1.165, 1.54) is 0 Å². The van der Waals surface area contributed by atoms with Crippen molar-refractivity contribution in [3.8, 4) is 0 Å². The number of rotatable bonds is 2. The summed E-state index contributed by atoms with van der Waals surface area (Å²) in [7, 11) is 0. The minimum Gasteiger partial charge on any atom is -0.294 e. The smallest absolute Gasteiger partial charge is 0.163 e. The third-order valence-corrected chi connectivity index (χ3v) is 2.27. The van der Waals surface area contributed by atoms with Crippen LogP contribution in [-0.2, 0) is 4.79 Å². The van der Waals surface area contributed by atoms with Crippen molar-refractivity contribution in [1.29, 1.82) is 0 Å². The molecule has 0 aromatic rings. The first-order chi connectivity index (χ1) is 5.66. The lowest BCUT2D eigenvalue weighted by molar-refractivity contribution is -0.117. The van der Waals surface area contributed by atoms with Gasteiger partial charge in [-0.3, -0.25) is 4.79 Å². The molecule has 1 nitrogen and oxygen atoms in total. The molecule has 0 fully saturated rings. The highest BCUT2D eigenvalue weighted by molar-refractivity contribution is 5.96. The van der Waals surface area contributed by atoms with Crippen molar-refractivity contribution in [3.05, 3.63) is 36.5 Å². The van der Waals surface area contributed by atoms with Crippen molar-refractivity contribution < 1.29 is 4.79 Å². The van der Waals surface area contributed by atoms with Crippen LogP contribution in [0.2, 0.25) is 0 Å². The largest absolute Gasteiger partial charge is 0.294 e. The molecular formula is C11H14O. The number of hydrogen-bond acceptors (Lipinski definition) is 1. The summed E-state index contributed by atoms with van der Waals surface area (Å²) in [4.78, 5) is 11.3. The lowest BCUT2D eigenvalue weighted by atomic mass is 9.89. The van der Waals surface area contributed by atoms with E-state index in [4.69, 9.17) is 0 Å². The third-order valence-electron chi connectivity index (χ3n) is 2.27. The molecule has 0 radical (unpaired) electrons. The van der Waals surface area contributed by atoms with Gasteiger partial charge in [0, 0.05) is 5.92 Å². The average Bonchev–Trinajstić information content (AvgIpc) is 2.32. The summed E-state index contributed by atoms with van der Waals surface area (Å²) in [5, 5.41) is 0. The summed E-state index contributed by atoms with van der Waals surface area (Å²) >= 11 is 0. The number of hydrogen-bond donors (Lipinski definition) is 0. The van der Waals surface area contributed by atoms with Crippen molar-refractivity contribution in [3.63, 3.8) is 0 Å². The SMILES string of the molecule is C=C/C=C(\C)C1C(=O)C=CC1C. The first-order valence-corrected chi connectivity index (χ1v) is 4.18. The van der Waals surface area contributed by atoms with E-state index in [-0.39, 0.29) is 11.7 Å². The minimum atomic E-state index is 0.0583. The number of allylic oxidation sites excluding steroid dienone is 5. The molecule has 2 atom stereocenters. The predicted molar refractivity (Wildman–Crippen MR) is 50.8 cm³/mol. The molecule has 0 saturated heterocycles. The van der Waals surface area contributed by atoms with Gasteiger partial charge in [0.25, 0.3) is 0 Å². The Hall–Kier alpha value is -1.11. The standard InChI is InChI=1S/C11H14O/c1-4-5-8(2)11-9(3)6-7-10(11)12/h4-7,9,11H,1H2,2-3H3/b8-5+. The van der Waals surface area contributed by atoms with Crippen LogP contribution in [-0.4, -0.2) is 5.78 Å². The van der Waals surface area contributed by atoms with Gasteiger partial charge >= 0.3 is 0 Å². The van der Waals surface area contributed by atoms with Crippen LogP contribution < -0.4 is 0 Å². The molecule has 12 heavy (non-hydrogen) atoms. The lowest BCUT2D eigenvalue weighted by Gasteiger charge is -2.13. The first kappa shape index (κ1) is 8.98. The molecule has 1 aliphatic carbocycles. The Kier molecular flexibility index (Phi) is 2.64. The minimum absolute atomic E-state index is 0.0583. The Balaban J connectivity index is 2.82. The van der Waals surface area contributed by atoms with E-state index in [1.54, 1.807) is 12.2 Å². The monoisotopic (exact) mass is 162 g/mol. The molecule has 1 heteroatoms. The van der Waals surface area contributed by atoms with E-state index in [1.807, 2.05) is 19.1 Å². The summed E-state index contributed by atoms with van der Waals surface area (Å²) in [6, 6.07) is 0. The zero-order valence-corrected chi connectivity index (χ0v) is 7.58. The zero-order valence-electron chi connectivity index (χ0n) is 7.58. The van der Waals surface area contributed by atoms with Gasteiger partial charge in [-0.25, -0.2) is 0 Å². The van der Waals surface area contributed by atoms with Gasteiger partial charge in [0.1, 0.15) is 0 Å². The van der Waals surface area contributed by atoms with E-state index in [0.717, 1.165) is 5.57 Å². The number of ketones is 1. The van der Waals surface area contributed by atoms with Gasteiger partial charge < -0.3 is 0 Å². The van der Waals surface area contributed by atoms with Crippen molar-refractivity contribution in [2.45, 2.75) is 13.8 Å². The van der Waals surface area contributed by atoms with Crippen LogP contribution in [0.5, 0.6) is 0 Å². The fourth-order valence-electron chi connectivity index (χ4n) is 1.65. The van der Waals surface area contributed by atoms with Crippen LogP contribution in [0.4, 0.5) is 0 Å². The van der Waals surface area contributed by atoms with Crippen LogP contribution in [0.1, 0.15) is 13.8 Å². The molecule has 0 heterocycles. The van der Waals surface area contributed by atoms with Crippen LogP contribution in [0.25, 0.3) is 0 Å². The van der Waals surface area contributed by atoms with E-state index in [2.05, 4.69) is 13.5 Å². The molecule has 0 spiro atoms. The molecule has 0 aliphatic heterocycles. The molecule has 0 amide bonds. The zero-order chi connectivity index (χ0) is 9.14. The van der Waals surface area contributed by atoms with Crippen molar-refractivity contribution in [2.24, 2.45) is 11.8 Å². The molecular weight excluding hydrogens is 148 g/mol. The van der Waals surface area contributed by atoms with Crippen molar-refractivity contribution >= 4 is 5.78 Å². The molecule has 0 bridgehead atoms. The van der Waals surface area contributed by atoms with Gasteiger partial charge in [-0.2, -0.15) is 0 Å². The van der Waals surface area contributed by atoms with Crippen LogP contribution in [0, 0.1) is 11.8 Å². The highest BCUT2D eigenvalue weighted by Crippen LogP contribution is 2.28. The van der Waals surface area contributed by atoms with Gasteiger partial charge in [-0.05, 0) is 18.9 Å². The highest BCUT2D eigenvalue weighted by Gasteiger charge is 2.27. The van der Waals surface area contributed by atoms with E-state index in [9.17, 15) is 4.79 Å². The van der Waals surface area contributed by atoms with Crippen LogP contribution in [0.3, 0.4) is 0 Å². The Morgan fingerprint density at radius 2 is 2.33 bits per heavy atom. The molecule has 64 valence electrons. The van der Waals surface area contributed by atoms with E-state index >= 15 is 0 Å². The van der Waals surface area contributed by atoms with Gasteiger partial charge in [0.05, 0.1) is 0 Å². The maximum Gasteiger partial charge on any atom is 0.163 e. The Labute approximate surface area is 73.5 Å². The quantitative estimate of drug-likeness (QED) is 0.570.